The average molecular weight is 291 g/mol. The second kappa shape index (κ2) is 6.25. The van der Waals surface area contributed by atoms with Crippen LogP contribution in [-0.2, 0) is 6.54 Å². The number of hydrogen-bond donors (Lipinski definition) is 1. The lowest BCUT2D eigenvalue weighted by molar-refractivity contribution is -0.384. The Balaban J connectivity index is 2.22. The number of nitrogens with one attached hydrogen (secondary N) is 1. The highest BCUT2D eigenvalue weighted by molar-refractivity contribution is 5.68. The van der Waals surface area contributed by atoms with E-state index in [2.05, 4.69) is 10.3 Å². The largest absolute Gasteiger partial charge is 0.487 e. The summed E-state index contributed by atoms with van der Waals surface area (Å²) in [6.45, 7) is 6.08. The van der Waals surface area contributed by atoms with Crippen molar-refractivity contribution in [3.63, 3.8) is 0 Å². The number of nitro benzene ring substituents is 1. The smallest absolute Gasteiger partial charge is 0.333 e. The summed E-state index contributed by atoms with van der Waals surface area (Å²) in [7, 11) is 0. The number of rotatable bonds is 6. The van der Waals surface area contributed by atoms with E-state index in [1.54, 1.807) is 25.1 Å². The monoisotopic (exact) mass is 291 g/mol. The number of hydrogen-bond acceptors (Lipinski definition) is 6. The molecular formula is C14H17N3O4. The molecule has 1 N–H and O–H groups in total. The molecule has 0 spiro atoms. The van der Waals surface area contributed by atoms with Gasteiger partial charge in [0, 0.05) is 0 Å². The zero-order valence-corrected chi connectivity index (χ0v) is 12.2. The van der Waals surface area contributed by atoms with Crippen LogP contribution in [0, 0.1) is 24.0 Å². The minimum absolute atomic E-state index is 0.0839. The highest BCUT2D eigenvalue weighted by atomic mass is 16.6. The highest BCUT2D eigenvalue weighted by Crippen LogP contribution is 2.34. The normalized spacial score (nSPS) is 10.4. The van der Waals surface area contributed by atoms with Gasteiger partial charge in [0.1, 0.15) is 11.4 Å². The number of nitrogens with zero attached hydrogens (tertiary/aromatic N) is 2. The van der Waals surface area contributed by atoms with Gasteiger partial charge in [0.15, 0.2) is 5.75 Å². The molecule has 0 aliphatic rings. The van der Waals surface area contributed by atoms with Crippen molar-refractivity contribution in [1.82, 2.24) is 4.98 Å². The summed E-state index contributed by atoms with van der Waals surface area (Å²) in [5.41, 5.74) is 1.10. The topological polar surface area (TPSA) is 90.4 Å². The van der Waals surface area contributed by atoms with Crippen molar-refractivity contribution in [2.75, 3.05) is 11.9 Å². The van der Waals surface area contributed by atoms with Gasteiger partial charge < -0.3 is 14.5 Å². The van der Waals surface area contributed by atoms with Crippen molar-refractivity contribution in [3.8, 4) is 5.75 Å². The number of aromatic nitrogens is 1. The molecule has 0 saturated heterocycles. The minimum atomic E-state index is -0.459. The number of anilines is 1. The van der Waals surface area contributed by atoms with Crippen LogP contribution in [0.15, 0.2) is 22.6 Å². The molecular weight excluding hydrogens is 274 g/mol. The molecule has 21 heavy (non-hydrogen) atoms. The lowest BCUT2D eigenvalue weighted by Gasteiger charge is -2.09. The number of ether oxygens (including phenoxy) is 1. The number of nitro groups is 1. The molecule has 1 aromatic heterocycles. The van der Waals surface area contributed by atoms with E-state index in [1.807, 2.05) is 13.8 Å². The molecule has 0 bridgehead atoms. The molecule has 0 atom stereocenters. The van der Waals surface area contributed by atoms with Gasteiger partial charge in [-0.25, -0.2) is 4.98 Å². The first-order valence-electron chi connectivity index (χ1n) is 6.60. The van der Waals surface area contributed by atoms with Gasteiger partial charge in [0.05, 0.1) is 23.8 Å². The summed E-state index contributed by atoms with van der Waals surface area (Å²) in [5.74, 6) is 1.47. The Morgan fingerprint density at radius 1 is 1.43 bits per heavy atom. The SMILES string of the molecule is CCOc1cccc(NCc2nc(C)c(C)o2)c1[N+](=O)[O-]. The third-order valence-corrected chi connectivity index (χ3v) is 2.98. The fraction of sp³-hybridized carbons (Fsp3) is 0.357. The van der Waals surface area contributed by atoms with Crippen molar-refractivity contribution in [2.45, 2.75) is 27.3 Å². The molecule has 0 radical (unpaired) electrons. The number of oxazole rings is 1. The Labute approximate surface area is 122 Å². The molecule has 2 aromatic rings. The maximum atomic E-state index is 11.2. The minimum Gasteiger partial charge on any atom is -0.487 e. The van der Waals surface area contributed by atoms with Crippen LogP contribution in [0.25, 0.3) is 0 Å². The van der Waals surface area contributed by atoms with Gasteiger partial charge in [-0.3, -0.25) is 10.1 Å². The first-order chi connectivity index (χ1) is 10.0. The van der Waals surface area contributed by atoms with Crippen LogP contribution in [0.2, 0.25) is 0 Å². The summed E-state index contributed by atoms with van der Waals surface area (Å²) in [4.78, 5) is 15.0. The second-order valence-electron chi connectivity index (χ2n) is 4.45. The molecule has 112 valence electrons. The van der Waals surface area contributed by atoms with Gasteiger partial charge >= 0.3 is 5.69 Å². The number of para-hydroxylation sites is 1. The predicted molar refractivity (Wildman–Crippen MR) is 77.6 cm³/mol. The van der Waals surface area contributed by atoms with Gasteiger partial charge in [-0.2, -0.15) is 0 Å². The third-order valence-electron chi connectivity index (χ3n) is 2.98. The zero-order valence-electron chi connectivity index (χ0n) is 12.2. The first-order valence-corrected chi connectivity index (χ1v) is 6.60. The van der Waals surface area contributed by atoms with Crippen molar-refractivity contribution in [2.24, 2.45) is 0 Å². The van der Waals surface area contributed by atoms with Crippen molar-refractivity contribution >= 4 is 11.4 Å². The molecule has 7 heteroatoms. The third kappa shape index (κ3) is 3.31. The molecule has 0 aliphatic carbocycles. The van der Waals surface area contributed by atoms with Crippen molar-refractivity contribution < 1.29 is 14.1 Å². The summed E-state index contributed by atoms with van der Waals surface area (Å²) >= 11 is 0. The predicted octanol–water partition coefficient (Wildman–Crippen LogP) is 3.21. The van der Waals surface area contributed by atoms with Crippen molar-refractivity contribution in [1.29, 1.82) is 0 Å². The summed E-state index contributed by atoms with van der Waals surface area (Å²) < 4.78 is 10.7. The maximum absolute atomic E-state index is 11.2. The van der Waals surface area contributed by atoms with E-state index in [-0.39, 0.29) is 18.0 Å². The quantitative estimate of drug-likeness (QED) is 0.649. The Morgan fingerprint density at radius 2 is 2.19 bits per heavy atom. The van der Waals surface area contributed by atoms with Gasteiger partial charge in [-0.05, 0) is 32.9 Å². The van der Waals surface area contributed by atoms with Crippen LogP contribution in [0.3, 0.4) is 0 Å². The van der Waals surface area contributed by atoms with E-state index in [9.17, 15) is 10.1 Å². The van der Waals surface area contributed by atoms with E-state index in [1.165, 1.54) is 0 Å². The summed E-state index contributed by atoms with van der Waals surface area (Å²) in [5, 5.41) is 14.2. The summed E-state index contributed by atoms with van der Waals surface area (Å²) in [6, 6.07) is 4.90. The molecule has 0 fully saturated rings. The van der Waals surface area contributed by atoms with E-state index < -0.39 is 4.92 Å². The number of benzene rings is 1. The van der Waals surface area contributed by atoms with Crippen LogP contribution in [0.5, 0.6) is 5.75 Å². The fourth-order valence-corrected chi connectivity index (χ4v) is 1.91. The maximum Gasteiger partial charge on any atom is 0.333 e. The van der Waals surface area contributed by atoms with Crippen LogP contribution in [-0.4, -0.2) is 16.5 Å². The van der Waals surface area contributed by atoms with Crippen molar-refractivity contribution in [3.05, 3.63) is 45.7 Å². The molecule has 1 aromatic carbocycles. The molecule has 0 aliphatic heterocycles. The lowest BCUT2D eigenvalue weighted by atomic mass is 10.2. The van der Waals surface area contributed by atoms with Crippen LogP contribution in [0.1, 0.15) is 24.3 Å². The Bertz CT molecular complexity index is 632. The lowest BCUT2D eigenvalue weighted by Crippen LogP contribution is -2.05. The molecule has 0 saturated carbocycles. The van der Waals surface area contributed by atoms with Crippen LogP contribution >= 0.6 is 0 Å². The average Bonchev–Trinajstić information content (AvgIpc) is 2.75. The van der Waals surface area contributed by atoms with Crippen LogP contribution in [0.4, 0.5) is 11.4 Å². The zero-order chi connectivity index (χ0) is 15.4. The Morgan fingerprint density at radius 3 is 2.76 bits per heavy atom. The van der Waals surface area contributed by atoms with Gasteiger partial charge in [-0.1, -0.05) is 6.07 Å². The Hall–Kier alpha value is -2.57. The Kier molecular flexibility index (Phi) is 4.42. The molecule has 7 nitrogen and oxygen atoms in total. The highest BCUT2D eigenvalue weighted by Gasteiger charge is 2.21. The second-order valence-corrected chi connectivity index (χ2v) is 4.45. The van der Waals surface area contributed by atoms with Gasteiger partial charge in [0.25, 0.3) is 0 Å². The van der Waals surface area contributed by atoms with E-state index >= 15 is 0 Å². The van der Waals surface area contributed by atoms with E-state index in [4.69, 9.17) is 9.15 Å². The van der Waals surface area contributed by atoms with Gasteiger partial charge in [-0.15, -0.1) is 0 Å². The summed E-state index contributed by atoms with van der Waals surface area (Å²) in [6.07, 6.45) is 0. The molecule has 2 rings (SSSR count). The van der Waals surface area contributed by atoms with Gasteiger partial charge in [0.2, 0.25) is 5.89 Å². The molecule has 0 amide bonds. The standard InChI is InChI=1S/C14H17N3O4/c1-4-20-12-7-5-6-11(14(12)17(18)19)15-8-13-16-9(2)10(3)21-13/h5-7,15H,4,8H2,1-3H3. The first kappa shape index (κ1) is 14.8. The van der Waals surface area contributed by atoms with Crippen LogP contribution < -0.4 is 10.1 Å². The molecule has 1 heterocycles. The van der Waals surface area contributed by atoms with E-state index in [0.717, 1.165) is 11.5 Å². The van der Waals surface area contributed by atoms with E-state index in [0.29, 0.717) is 18.2 Å². The fourth-order valence-electron chi connectivity index (χ4n) is 1.91. The molecule has 0 unspecified atom stereocenters. The number of aryl methyl sites for hydroxylation is 2.